The fourth-order valence-electron chi connectivity index (χ4n) is 3.15. The summed E-state index contributed by atoms with van der Waals surface area (Å²) >= 11 is 0. The number of phenols is 1. The predicted octanol–water partition coefficient (Wildman–Crippen LogP) is 2.61. The van der Waals surface area contributed by atoms with Crippen LogP contribution in [0.15, 0.2) is 21.3 Å². The first-order valence-corrected chi connectivity index (χ1v) is 8.50. The van der Waals surface area contributed by atoms with E-state index in [0.717, 1.165) is 30.3 Å². The molecule has 0 radical (unpaired) electrons. The SMILES string of the molecule is CC.O=c1oc2c(C3OCCCO3)c(O)ccc2c2c1CNCC2. The summed E-state index contributed by atoms with van der Waals surface area (Å²) < 4.78 is 16.7. The molecular weight excluding hydrogens is 310 g/mol. The molecule has 6 heteroatoms. The second-order valence-electron chi connectivity index (χ2n) is 5.58. The molecule has 1 aromatic carbocycles. The molecule has 0 aliphatic carbocycles. The molecule has 0 atom stereocenters. The Kier molecular flexibility index (Phi) is 5.18. The van der Waals surface area contributed by atoms with Gasteiger partial charge in [0, 0.05) is 11.9 Å². The molecule has 2 N–H and O–H groups in total. The van der Waals surface area contributed by atoms with E-state index in [0.29, 0.717) is 36.5 Å². The monoisotopic (exact) mass is 333 g/mol. The highest BCUT2D eigenvalue weighted by Gasteiger charge is 2.27. The lowest BCUT2D eigenvalue weighted by Gasteiger charge is -2.25. The van der Waals surface area contributed by atoms with Crippen LogP contribution < -0.4 is 10.9 Å². The zero-order valence-electron chi connectivity index (χ0n) is 14.1. The molecule has 130 valence electrons. The minimum Gasteiger partial charge on any atom is -0.507 e. The van der Waals surface area contributed by atoms with Gasteiger partial charge in [0.2, 0.25) is 0 Å². The number of aromatic hydroxyl groups is 1. The van der Waals surface area contributed by atoms with E-state index in [1.165, 1.54) is 0 Å². The molecule has 2 aromatic rings. The van der Waals surface area contributed by atoms with Gasteiger partial charge >= 0.3 is 5.63 Å². The van der Waals surface area contributed by atoms with Crippen molar-refractivity contribution < 1.29 is 19.0 Å². The largest absolute Gasteiger partial charge is 0.507 e. The van der Waals surface area contributed by atoms with Crippen molar-refractivity contribution in [1.29, 1.82) is 0 Å². The first-order chi connectivity index (χ1) is 11.8. The van der Waals surface area contributed by atoms with Crippen LogP contribution in [0, 0.1) is 0 Å². The number of phenolic OH excluding ortho intramolecular Hbond substituents is 1. The van der Waals surface area contributed by atoms with E-state index in [9.17, 15) is 9.90 Å². The number of nitrogens with one attached hydrogen (secondary N) is 1. The van der Waals surface area contributed by atoms with E-state index >= 15 is 0 Å². The number of rotatable bonds is 1. The summed E-state index contributed by atoms with van der Waals surface area (Å²) in [6.45, 7) is 6.44. The minimum absolute atomic E-state index is 0.0245. The van der Waals surface area contributed by atoms with E-state index in [1.807, 2.05) is 13.8 Å². The third kappa shape index (κ3) is 2.92. The Morgan fingerprint density at radius 2 is 1.92 bits per heavy atom. The number of hydrogen-bond acceptors (Lipinski definition) is 6. The maximum absolute atomic E-state index is 12.3. The lowest BCUT2D eigenvalue weighted by atomic mass is 9.96. The summed E-state index contributed by atoms with van der Waals surface area (Å²) in [7, 11) is 0. The topological polar surface area (TPSA) is 80.9 Å². The van der Waals surface area contributed by atoms with Gasteiger partial charge in [-0.1, -0.05) is 13.8 Å². The van der Waals surface area contributed by atoms with Crippen molar-refractivity contribution in [1.82, 2.24) is 5.32 Å². The first kappa shape index (κ1) is 17.0. The summed E-state index contributed by atoms with van der Waals surface area (Å²) in [5.41, 5.74) is 2.08. The molecule has 0 unspecified atom stereocenters. The fourth-order valence-corrected chi connectivity index (χ4v) is 3.15. The average Bonchev–Trinajstić information content (AvgIpc) is 2.64. The van der Waals surface area contributed by atoms with Gasteiger partial charge in [0.1, 0.15) is 5.75 Å². The van der Waals surface area contributed by atoms with Gasteiger partial charge in [-0.25, -0.2) is 4.79 Å². The molecule has 1 saturated heterocycles. The van der Waals surface area contributed by atoms with Crippen LogP contribution in [0.1, 0.15) is 43.2 Å². The van der Waals surface area contributed by atoms with Crippen LogP contribution in [0.4, 0.5) is 0 Å². The van der Waals surface area contributed by atoms with Crippen molar-refractivity contribution in [2.45, 2.75) is 39.5 Å². The van der Waals surface area contributed by atoms with E-state index in [-0.39, 0.29) is 11.4 Å². The van der Waals surface area contributed by atoms with Crippen LogP contribution in [-0.2, 0) is 22.4 Å². The normalized spacial score (nSPS) is 17.9. The zero-order chi connectivity index (χ0) is 17.1. The molecule has 1 fully saturated rings. The lowest BCUT2D eigenvalue weighted by molar-refractivity contribution is -0.183. The molecule has 4 rings (SSSR count). The highest BCUT2D eigenvalue weighted by molar-refractivity contribution is 5.86. The van der Waals surface area contributed by atoms with Crippen LogP contribution in [-0.4, -0.2) is 24.9 Å². The molecule has 1 aromatic heterocycles. The Morgan fingerprint density at radius 1 is 1.17 bits per heavy atom. The summed E-state index contributed by atoms with van der Waals surface area (Å²) in [6, 6.07) is 3.41. The van der Waals surface area contributed by atoms with Crippen LogP contribution in [0.25, 0.3) is 11.0 Å². The molecule has 24 heavy (non-hydrogen) atoms. The molecule has 0 saturated carbocycles. The molecule has 0 amide bonds. The minimum atomic E-state index is -0.694. The highest BCUT2D eigenvalue weighted by Crippen LogP contribution is 2.37. The third-order valence-corrected chi connectivity index (χ3v) is 4.22. The van der Waals surface area contributed by atoms with Crippen LogP contribution >= 0.6 is 0 Å². The maximum Gasteiger partial charge on any atom is 0.341 e. The summed E-state index contributed by atoms with van der Waals surface area (Å²) in [5, 5.41) is 14.2. The maximum atomic E-state index is 12.3. The van der Waals surface area contributed by atoms with Crippen LogP contribution in [0.3, 0.4) is 0 Å². The molecule has 2 aliphatic rings. The Morgan fingerprint density at radius 3 is 2.67 bits per heavy atom. The fraction of sp³-hybridized carbons (Fsp3) is 0.500. The van der Waals surface area contributed by atoms with Crippen LogP contribution in [0.5, 0.6) is 5.75 Å². The van der Waals surface area contributed by atoms with Gasteiger partial charge in [0.15, 0.2) is 11.9 Å². The molecule has 6 nitrogen and oxygen atoms in total. The van der Waals surface area contributed by atoms with Gasteiger partial charge in [-0.05, 0) is 37.1 Å². The van der Waals surface area contributed by atoms with Gasteiger partial charge < -0.3 is 24.3 Å². The predicted molar refractivity (Wildman–Crippen MR) is 90.2 cm³/mol. The molecular formula is C18H23NO5. The van der Waals surface area contributed by atoms with E-state index in [4.69, 9.17) is 13.9 Å². The van der Waals surface area contributed by atoms with Gasteiger partial charge in [-0.3, -0.25) is 0 Å². The summed E-state index contributed by atoms with van der Waals surface area (Å²) in [6.07, 6.45) is 0.876. The number of hydrogen-bond donors (Lipinski definition) is 2. The molecule has 0 spiro atoms. The van der Waals surface area contributed by atoms with Crippen molar-refractivity contribution in [2.75, 3.05) is 19.8 Å². The Bertz CT molecular complexity index is 777. The Labute approximate surface area is 140 Å². The van der Waals surface area contributed by atoms with Gasteiger partial charge in [-0.15, -0.1) is 0 Å². The second-order valence-corrected chi connectivity index (χ2v) is 5.58. The van der Waals surface area contributed by atoms with E-state index in [2.05, 4.69) is 5.32 Å². The van der Waals surface area contributed by atoms with Crippen molar-refractivity contribution in [3.05, 3.63) is 39.2 Å². The number of ether oxygens (including phenoxy) is 2. The van der Waals surface area contributed by atoms with E-state index < -0.39 is 6.29 Å². The summed E-state index contributed by atoms with van der Waals surface area (Å²) in [5.74, 6) is 0.0245. The number of benzene rings is 1. The number of fused-ring (bicyclic) bond motifs is 3. The average molecular weight is 333 g/mol. The molecule has 0 bridgehead atoms. The standard InChI is InChI=1S/C16H17NO5.C2H6/c18-12-3-2-10-9-4-5-17-8-11(9)15(19)22-14(10)13(12)16-20-6-1-7-21-16;1-2/h2-3,16-18H,1,4-8H2;1-2H3. The first-order valence-electron chi connectivity index (χ1n) is 8.50. The van der Waals surface area contributed by atoms with Crippen LogP contribution in [0.2, 0.25) is 0 Å². The Balaban J connectivity index is 0.000000815. The van der Waals surface area contributed by atoms with Gasteiger partial charge in [0.25, 0.3) is 0 Å². The highest BCUT2D eigenvalue weighted by atomic mass is 16.7. The summed E-state index contributed by atoms with van der Waals surface area (Å²) in [4.78, 5) is 12.3. The lowest BCUT2D eigenvalue weighted by Crippen LogP contribution is -2.29. The molecule has 2 aliphatic heterocycles. The second kappa shape index (κ2) is 7.34. The van der Waals surface area contributed by atoms with E-state index in [1.54, 1.807) is 12.1 Å². The smallest absolute Gasteiger partial charge is 0.341 e. The van der Waals surface area contributed by atoms with Crippen molar-refractivity contribution >= 4 is 11.0 Å². The van der Waals surface area contributed by atoms with Crippen molar-refractivity contribution in [2.24, 2.45) is 0 Å². The van der Waals surface area contributed by atoms with Gasteiger partial charge in [-0.2, -0.15) is 0 Å². The van der Waals surface area contributed by atoms with Crippen molar-refractivity contribution in [3.8, 4) is 5.75 Å². The van der Waals surface area contributed by atoms with Crippen molar-refractivity contribution in [3.63, 3.8) is 0 Å². The zero-order valence-corrected chi connectivity index (χ0v) is 14.1. The third-order valence-electron chi connectivity index (χ3n) is 4.22. The quantitative estimate of drug-likeness (QED) is 0.781. The van der Waals surface area contributed by atoms with Gasteiger partial charge in [0.05, 0.1) is 24.3 Å². The molecule has 3 heterocycles. The Hall–Kier alpha value is -1.89.